The largest absolute Gasteiger partial charge is 0.481 e. The smallest absolute Gasteiger partial charge is 0.407 e. The number of carboxylic acid groups (broad SMARTS) is 1. The number of likely N-dealkylation sites (tertiary alicyclic amines) is 1. The number of hydrogen-bond acceptors (Lipinski definition) is 4. The van der Waals surface area contributed by atoms with Crippen LogP contribution in [-0.4, -0.2) is 53.7 Å². The number of piperidine rings is 1. The minimum absolute atomic E-state index is 0.00101. The van der Waals surface area contributed by atoms with Crippen LogP contribution >= 0.6 is 0 Å². The highest BCUT2D eigenvalue weighted by atomic mass is 16.5. The maximum atomic E-state index is 12.6. The first kappa shape index (κ1) is 23.8. The van der Waals surface area contributed by atoms with Crippen molar-refractivity contribution in [1.29, 1.82) is 0 Å². The van der Waals surface area contributed by atoms with Crippen molar-refractivity contribution in [3.63, 3.8) is 0 Å². The molecule has 7 nitrogen and oxygen atoms in total. The van der Waals surface area contributed by atoms with Crippen LogP contribution in [0.4, 0.5) is 4.79 Å². The summed E-state index contributed by atoms with van der Waals surface area (Å²) < 4.78 is 5.62. The molecule has 2 aliphatic rings. The molecule has 1 fully saturated rings. The monoisotopic (exact) mass is 464 g/mol. The van der Waals surface area contributed by atoms with E-state index in [1.54, 1.807) is 4.90 Å². The number of carbonyl (C=O) groups excluding carboxylic acids is 2. The number of ether oxygens (including phenoxy) is 1. The zero-order valence-electron chi connectivity index (χ0n) is 19.5. The Morgan fingerprint density at radius 1 is 1.09 bits per heavy atom. The predicted octanol–water partition coefficient (Wildman–Crippen LogP) is 4.41. The number of carboxylic acids is 1. The Kier molecular flexibility index (Phi) is 7.50. The van der Waals surface area contributed by atoms with Gasteiger partial charge in [-0.15, -0.1) is 0 Å². The lowest BCUT2D eigenvalue weighted by atomic mass is 9.97. The van der Waals surface area contributed by atoms with Crippen LogP contribution in [0.1, 0.15) is 56.1 Å². The molecule has 0 aromatic heterocycles. The third kappa shape index (κ3) is 5.24. The zero-order chi connectivity index (χ0) is 24.1. The van der Waals surface area contributed by atoms with Crippen molar-refractivity contribution in [3.8, 4) is 11.1 Å². The molecule has 2 amide bonds. The van der Waals surface area contributed by atoms with E-state index < -0.39 is 18.0 Å². The van der Waals surface area contributed by atoms with Gasteiger partial charge in [-0.2, -0.15) is 0 Å². The van der Waals surface area contributed by atoms with E-state index in [2.05, 4.69) is 29.6 Å². The maximum absolute atomic E-state index is 12.6. The highest BCUT2D eigenvalue weighted by Crippen LogP contribution is 2.44. The molecule has 1 heterocycles. The summed E-state index contributed by atoms with van der Waals surface area (Å²) in [5.41, 5.74) is 4.69. The Hall–Kier alpha value is -3.35. The van der Waals surface area contributed by atoms with Gasteiger partial charge in [-0.1, -0.05) is 55.5 Å². The second-order valence-corrected chi connectivity index (χ2v) is 9.13. The van der Waals surface area contributed by atoms with E-state index in [-0.39, 0.29) is 37.4 Å². The normalized spacial score (nSPS) is 18.0. The minimum atomic E-state index is -0.846. The summed E-state index contributed by atoms with van der Waals surface area (Å²) in [7, 11) is 0. The molecule has 34 heavy (non-hydrogen) atoms. The Balaban J connectivity index is 1.28. The van der Waals surface area contributed by atoms with Gasteiger partial charge in [0.25, 0.3) is 0 Å². The standard InChI is InChI=1S/C27H32N2O5/c1-2-19(13-14-25(30)29-15-7-8-18(16-29)26(31)32)28-27(33)34-17-24-22-11-5-3-9-20(22)21-10-4-6-12-23(21)24/h3-6,9-12,18-19,24H,2,7-8,13-17H2,1H3,(H,28,33)(H,31,32). The number of amides is 2. The van der Waals surface area contributed by atoms with E-state index in [1.165, 1.54) is 11.1 Å². The van der Waals surface area contributed by atoms with Crippen molar-refractivity contribution in [1.82, 2.24) is 10.2 Å². The average Bonchev–Trinajstić information content (AvgIpc) is 3.18. The number of nitrogens with zero attached hydrogens (tertiary/aromatic N) is 1. The third-order valence-corrected chi connectivity index (χ3v) is 6.99. The lowest BCUT2D eigenvalue weighted by Crippen LogP contribution is -2.43. The zero-order valence-corrected chi connectivity index (χ0v) is 19.5. The summed E-state index contributed by atoms with van der Waals surface area (Å²) in [4.78, 5) is 38.0. The van der Waals surface area contributed by atoms with E-state index in [0.29, 0.717) is 32.2 Å². The fourth-order valence-corrected chi connectivity index (χ4v) is 5.05. The number of benzene rings is 2. The number of alkyl carbamates (subject to hydrolysis) is 1. The number of aliphatic carboxylic acids is 1. The third-order valence-electron chi connectivity index (χ3n) is 6.99. The molecule has 1 aliphatic carbocycles. The molecule has 2 unspecified atom stereocenters. The molecule has 7 heteroatoms. The lowest BCUT2D eigenvalue weighted by molar-refractivity contribution is -0.145. The number of rotatable bonds is 8. The highest BCUT2D eigenvalue weighted by Gasteiger charge is 2.30. The van der Waals surface area contributed by atoms with Crippen molar-refractivity contribution >= 4 is 18.0 Å². The Morgan fingerprint density at radius 2 is 1.74 bits per heavy atom. The fraction of sp³-hybridized carbons (Fsp3) is 0.444. The van der Waals surface area contributed by atoms with Crippen LogP contribution in [0.15, 0.2) is 48.5 Å². The summed E-state index contributed by atoms with van der Waals surface area (Å²) in [6.45, 7) is 3.07. The van der Waals surface area contributed by atoms with Crippen LogP contribution in [0.3, 0.4) is 0 Å². The summed E-state index contributed by atoms with van der Waals surface area (Å²) in [6, 6.07) is 16.2. The first-order chi connectivity index (χ1) is 16.5. The van der Waals surface area contributed by atoms with Crippen LogP contribution in [0.5, 0.6) is 0 Å². The second kappa shape index (κ2) is 10.7. The molecule has 2 aromatic rings. The van der Waals surface area contributed by atoms with Gasteiger partial charge in [0.15, 0.2) is 0 Å². The van der Waals surface area contributed by atoms with Crippen molar-refractivity contribution in [2.24, 2.45) is 5.92 Å². The van der Waals surface area contributed by atoms with Crippen LogP contribution in [-0.2, 0) is 14.3 Å². The van der Waals surface area contributed by atoms with Crippen LogP contribution in [0, 0.1) is 5.92 Å². The first-order valence-corrected chi connectivity index (χ1v) is 12.1. The van der Waals surface area contributed by atoms with Crippen molar-refractivity contribution in [3.05, 3.63) is 59.7 Å². The van der Waals surface area contributed by atoms with Crippen LogP contribution in [0.25, 0.3) is 11.1 Å². The molecule has 0 saturated carbocycles. The number of hydrogen-bond donors (Lipinski definition) is 2. The molecule has 1 saturated heterocycles. The van der Waals surface area contributed by atoms with Gasteiger partial charge in [0.2, 0.25) is 5.91 Å². The summed E-state index contributed by atoms with van der Waals surface area (Å²) >= 11 is 0. The molecule has 2 atom stereocenters. The van der Waals surface area contributed by atoms with E-state index in [9.17, 15) is 19.5 Å². The number of carbonyl (C=O) groups is 3. The Labute approximate surface area is 200 Å². The average molecular weight is 465 g/mol. The summed E-state index contributed by atoms with van der Waals surface area (Å²) in [6.07, 6.45) is 2.28. The quantitative estimate of drug-likeness (QED) is 0.603. The van der Waals surface area contributed by atoms with Gasteiger partial charge in [-0.25, -0.2) is 4.79 Å². The van der Waals surface area contributed by atoms with Gasteiger partial charge >= 0.3 is 12.1 Å². The number of nitrogens with one attached hydrogen (secondary N) is 1. The fourth-order valence-electron chi connectivity index (χ4n) is 5.05. The van der Waals surface area contributed by atoms with E-state index in [0.717, 1.165) is 11.1 Å². The van der Waals surface area contributed by atoms with Gasteiger partial charge in [-0.3, -0.25) is 9.59 Å². The van der Waals surface area contributed by atoms with Crippen molar-refractivity contribution in [2.45, 2.75) is 51.0 Å². The van der Waals surface area contributed by atoms with Gasteiger partial charge < -0.3 is 20.1 Å². The molecule has 180 valence electrons. The molecule has 2 aromatic carbocycles. The molecule has 2 N–H and O–H groups in total. The predicted molar refractivity (Wildman–Crippen MR) is 128 cm³/mol. The summed E-state index contributed by atoms with van der Waals surface area (Å²) in [5, 5.41) is 12.1. The van der Waals surface area contributed by atoms with E-state index in [4.69, 9.17) is 4.74 Å². The SMILES string of the molecule is CCC(CCC(=O)N1CCCC(C(=O)O)C1)NC(=O)OCC1c2ccccc2-c2ccccc21. The second-order valence-electron chi connectivity index (χ2n) is 9.13. The van der Waals surface area contributed by atoms with Gasteiger partial charge in [-0.05, 0) is 47.9 Å². The van der Waals surface area contributed by atoms with E-state index in [1.807, 2.05) is 31.2 Å². The maximum Gasteiger partial charge on any atom is 0.407 e. The van der Waals surface area contributed by atoms with Crippen molar-refractivity contribution < 1.29 is 24.2 Å². The van der Waals surface area contributed by atoms with Crippen molar-refractivity contribution in [2.75, 3.05) is 19.7 Å². The molecule has 4 rings (SSSR count). The van der Waals surface area contributed by atoms with E-state index >= 15 is 0 Å². The first-order valence-electron chi connectivity index (χ1n) is 12.1. The molecule has 1 aliphatic heterocycles. The van der Waals surface area contributed by atoms with Gasteiger partial charge in [0.1, 0.15) is 6.61 Å². The molecule has 0 radical (unpaired) electrons. The Morgan fingerprint density at radius 3 is 2.35 bits per heavy atom. The molecular weight excluding hydrogens is 432 g/mol. The lowest BCUT2D eigenvalue weighted by Gasteiger charge is -2.31. The van der Waals surface area contributed by atoms with Gasteiger partial charge in [0, 0.05) is 31.5 Å². The molecule has 0 bridgehead atoms. The van der Waals surface area contributed by atoms with Crippen LogP contribution < -0.4 is 5.32 Å². The van der Waals surface area contributed by atoms with Crippen LogP contribution in [0.2, 0.25) is 0 Å². The molecule has 0 spiro atoms. The Bertz CT molecular complexity index is 1010. The highest BCUT2D eigenvalue weighted by molar-refractivity contribution is 5.79. The van der Waals surface area contributed by atoms with Gasteiger partial charge in [0.05, 0.1) is 5.92 Å². The summed E-state index contributed by atoms with van der Waals surface area (Å²) in [5.74, 6) is -1.39. The molecular formula is C27H32N2O5. The number of fused-ring (bicyclic) bond motifs is 3. The minimum Gasteiger partial charge on any atom is -0.481 e. The topological polar surface area (TPSA) is 95.9 Å².